The normalized spacial score (nSPS) is 18.8. The number of alkyl halides is 3. The fraction of sp³-hybridized carbons (Fsp3) is 0.174. The Kier molecular flexibility index (Phi) is 4.65. The van der Waals surface area contributed by atoms with Gasteiger partial charge in [0.2, 0.25) is 0 Å². The maximum atomic E-state index is 13.0. The van der Waals surface area contributed by atoms with Crippen molar-refractivity contribution in [2.75, 3.05) is 0 Å². The highest BCUT2D eigenvalue weighted by Crippen LogP contribution is 2.54. The Morgan fingerprint density at radius 2 is 1.75 bits per heavy atom. The van der Waals surface area contributed by atoms with Crippen LogP contribution in [0, 0.1) is 0 Å². The van der Waals surface area contributed by atoms with E-state index in [0.717, 1.165) is 11.6 Å². The maximum Gasteiger partial charge on any atom is 0.416 e. The van der Waals surface area contributed by atoms with Crippen LogP contribution >= 0.6 is 0 Å². The summed E-state index contributed by atoms with van der Waals surface area (Å²) in [4.78, 5) is 7.64. The molecule has 164 valence electrons. The van der Waals surface area contributed by atoms with Crippen LogP contribution in [-0.2, 0) is 16.3 Å². The zero-order chi connectivity index (χ0) is 22.7. The summed E-state index contributed by atoms with van der Waals surface area (Å²) in [5.41, 5.74) is 2.25. The summed E-state index contributed by atoms with van der Waals surface area (Å²) in [7, 11) is -4.39. The van der Waals surface area contributed by atoms with E-state index in [0.29, 0.717) is 34.5 Å². The lowest BCUT2D eigenvalue weighted by molar-refractivity contribution is -0.137. The summed E-state index contributed by atoms with van der Waals surface area (Å²) in [5.74, 6) is 0.625. The smallest absolute Gasteiger partial charge is 0.342 e. The van der Waals surface area contributed by atoms with Crippen LogP contribution in [0.5, 0.6) is 0 Å². The second kappa shape index (κ2) is 7.18. The number of benzene rings is 3. The number of nitrogens with zero attached hydrogens (tertiary/aromatic N) is 1. The van der Waals surface area contributed by atoms with Crippen molar-refractivity contribution >= 4 is 21.2 Å². The number of hydrogen-bond acceptors (Lipinski definition) is 3. The highest BCUT2D eigenvalue weighted by molar-refractivity contribution is 7.86. The number of imidazole rings is 1. The molecular formula is C23H17F3N2O3S. The standard InChI is InChI=1S/C23H17F3N2O3S/c24-23(25,26)15-5-3-4-13(10-15)17-12-18(17)22-27-19-9-8-14(11-20(19)28-22)16-6-1-2-7-21(16)32(29,30)31/h1-11,17-18H,12H2,(H,27,28)(H,29,30,31). The molecule has 4 aromatic rings. The molecule has 1 aromatic heterocycles. The van der Waals surface area contributed by atoms with Crippen LogP contribution in [0.3, 0.4) is 0 Å². The van der Waals surface area contributed by atoms with Crippen LogP contribution in [-0.4, -0.2) is 22.9 Å². The van der Waals surface area contributed by atoms with Crippen molar-refractivity contribution in [3.63, 3.8) is 0 Å². The number of H-pyrrole nitrogens is 1. The Morgan fingerprint density at radius 3 is 2.50 bits per heavy atom. The van der Waals surface area contributed by atoms with E-state index in [9.17, 15) is 26.1 Å². The predicted octanol–water partition coefficient (Wildman–Crippen LogP) is 5.77. The fourth-order valence-corrected chi connectivity index (χ4v) is 4.82. The molecule has 5 nitrogen and oxygen atoms in total. The monoisotopic (exact) mass is 458 g/mol. The number of aromatic nitrogens is 2. The molecule has 1 aliphatic rings. The van der Waals surface area contributed by atoms with Crippen molar-refractivity contribution in [2.45, 2.75) is 29.3 Å². The van der Waals surface area contributed by atoms with Gasteiger partial charge in [-0.15, -0.1) is 0 Å². The first-order valence-electron chi connectivity index (χ1n) is 9.85. The van der Waals surface area contributed by atoms with E-state index in [1.165, 1.54) is 24.3 Å². The predicted molar refractivity (Wildman–Crippen MR) is 113 cm³/mol. The number of rotatable bonds is 4. The zero-order valence-corrected chi connectivity index (χ0v) is 17.3. The summed E-state index contributed by atoms with van der Waals surface area (Å²) in [6, 6.07) is 16.7. The number of nitrogens with one attached hydrogen (secondary N) is 1. The van der Waals surface area contributed by atoms with Gasteiger partial charge in [-0.05, 0) is 47.7 Å². The second-order valence-electron chi connectivity index (χ2n) is 7.90. The average molecular weight is 458 g/mol. The highest BCUT2D eigenvalue weighted by Gasteiger charge is 2.42. The molecule has 0 amide bonds. The summed E-state index contributed by atoms with van der Waals surface area (Å²) in [5, 5.41) is 0. The highest BCUT2D eigenvalue weighted by atomic mass is 32.2. The van der Waals surface area contributed by atoms with E-state index >= 15 is 0 Å². The third-order valence-electron chi connectivity index (χ3n) is 5.76. The molecule has 5 rings (SSSR count). The van der Waals surface area contributed by atoms with Gasteiger partial charge in [0.05, 0.1) is 16.6 Å². The van der Waals surface area contributed by atoms with E-state index < -0.39 is 21.9 Å². The Bertz CT molecular complexity index is 1440. The van der Waals surface area contributed by atoms with Gasteiger partial charge in [-0.3, -0.25) is 4.55 Å². The Balaban J connectivity index is 1.46. The van der Waals surface area contributed by atoms with Crippen molar-refractivity contribution in [1.29, 1.82) is 0 Å². The first-order chi connectivity index (χ1) is 15.1. The molecule has 2 N–H and O–H groups in total. The Morgan fingerprint density at radius 1 is 0.969 bits per heavy atom. The molecule has 1 aliphatic carbocycles. The minimum absolute atomic E-state index is 0.0144. The van der Waals surface area contributed by atoms with Gasteiger partial charge in [0.1, 0.15) is 10.7 Å². The Hall–Kier alpha value is -3.17. The largest absolute Gasteiger partial charge is 0.416 e. The first kappa shape index (κ1) is 20.7. The topological polar surface area (TPSA) is 83.0 Å². The molecule has 1 fully saturated rings. The molecule has 0 radical (unpaired) electrons. The summed E-state index contributed by atoms with van der Waals surface area (Å²) in [6.07, 6.45) is -3.69. The van der Waals surface area contributed by atoms with Crippen molar-refractivity contribution in [3.8, 4) is 11.1 Å². The maximum absolute atomic E-state index is 13.0. The van der Waals surface area contributed by atoms with Gasteiger partial charge in [-0.2, -0.15) is 21.6 Å². The zero-order valence-electron chi connectivity index (χ0n) is 16.5. The minimum Gasteiger partial charge on any atom is -0.342 e. The van der Waals surface area contributed by atoms with E-state index in [4.69, 9.17) is 0 Å². The fourth-order valence-electron chi connectivity index (χ4n) is 4.11. The van der Waals surface area contributed by atoms with Gasteiger partial charge in [-0.25, -0.2) is 4.98 Å². The van der Waals surface area contributed by atoms with Gasteiger partial charge in [0.15, 0.2) is 0 Å². The van der Waals surface area contributed by atoms with Crippen LogP contribution < -0.4 is 0 Å². The van der Waals surface area contributed by atoms with Crippen LogP contribution in [0.1, 0.15) is 35.2 Å². The number of halogens is 3. The second-order valence-corrected chi connectivity index (χ2v) is 9.29. The molecular weight excluding hydrogens is 441 g/mol. The third-order valence-corrected chi connectivity index (χ3v) is 6.67. The summed E-state index contributed by atoms with van der Waals surface area (Å²) < 4.78 is 72.0. The van der Waals surface area contributed by atoms with Crippen LogP contribution in [0.25, 0.3) is 22.2 Å². The molecule has 9 heteroatoms. The first-order valence-corrected chi connectivity index (χ1v) is 11.3. The molecule has 2 atom stereocenters. The molecule has 2 unspecified atom stereocenters. The molecule has 0 bridgehead atoms. The quantitative estimate of drug-likeness (QED) is 0.381. The van der Waals surface area contributed by atoms with Crippen LogP contribution in [0.15, 0.2) is 71.6 Å². The van der Waals surface area contributed by atoms with Gasteiger partial charge in [0.25, 0.3) is 10.1 Å². The average Bonchev–Trinajstić information content (AvgIpc) is 3.44. The third kappa shape index (κ3) is 3.78. The number of fused-ring (bicyclic) bond motifs is 1. The molecule has 1 saturated carbocycles. The van der Waals surface area contributed by atoms with Crippen molar-refractivity contribution in [1.82, 2.24) is 9.97 Å². The van der Waals surface area contributed by atoms with Crippen LogP contribution in [0.4, 0.5) is 13.2 Å². The van der Waals surface area contributed by atoms with Crippen molar-refractivity contribution in [3.05, 3.63) is 83.7 Å². The van der Waals surface area contributed by atoms with E-state index in [-0.39, 0.29) is 16.7 Å². The molecule has 0 spiro atoms. The van der Waals surface area contributed by atoms with Gasteiger partial charge in [0, 0.05) is 11.5 Å². The minimum atomic E-state index is -4.39. The lowest BCUT2D eigenvalue weighted by atomic mass is 10.1. The molecule has 0 aliphatic heterocycles. The molecule has 0 saturated heterocycles. The van der Waals surface area contributed by atoms with Crippen molar-refractivity contribution in [2.24, 2.45) is 0 Å². The number of hydrogen-bond donors (Lipinski definition) is 2. The lowest BCUT2D eigenvalue weighted by Gasteiger charge is -2.08. The summed E-state index contributed by atoms with van der Waals surface area (Å²) >= 11 is 0. The van der Waals surface area contributed by atoms with E-state index in [1.807, 2.05) is 0 Å². The van der Waals surface area contributed by atoms with Gasteiger partial charge < -0.3 is 4.98 Å². The van der Waals surface area contributed by atoms with Gasteiger partial charge in [-0.1, -0.05) is 42.5 Å². The summed E-state index contributed by atoms with van der Waals surface area (Å²) in [6.45, 7) is 0. The molecule has 32 heavy (non-hydrogen) atoms. The molecule has 1 heterocycles. The lowest BCUT2D eigenvalue weighted by Crippen LogP contribution is -2.05. The van der Waals surface area contributed by atoms with E-state index in [1.54, 1.807) is 36.4 Å². The van der Waals surface area contributed by atoms with Crippen molar-refractivity contribution < 1.29 is 26.1 Å². The SMILES string of the molecule is O=S(=O)(O)c1ccccc1-c1ccc2[nH]c(C3CC3c3cccc(C(F)(F)F)c3)nc2c1. The van der Waals surface area contributed by atoms with Gasteiger partial charge >= 0.3 is 6.18 Å². The van der Waals surface area contributed by atoms with E-state index in [2.05, 4.69) is 9.97 Å². The number of aromatic amines is 1. The molecule has 3 aromatic carbocycles. The Labute approximate surface area is 181 Å². The van der Waals surface area contributed by atoms with Crippen LogP contribution in [0.2, 0.25) is 0 Å².